The number of carbonyl (C=O) groups is 1. The molecule has 0 spiro atoms. The van der Waals surface area contributed by atoms with E-state index in [4.69, 9.17) is 20.8 Å². The Morgan fingerprint density at radius 2 is 1.71 bits per heavy atom. The molecule has 0 bridgehead atoms. The molecule has 1 atom stereocenters. The normalized spacial score (nSPS) is 12.0. The SMILES string of the molecule is CC(Oc1cc2oc(=O)c(C(=O)Cc3ccc4sc5ccccc5c(=O)c4c3)cc2cc1Cl)c1ccccc1[N+](=O)[O-]. The minimum atomic E-state index is -0.828. The van der Waals surface area contributed by atoms with E-state index in [0.29, 0.717) is 27.3 Å². The summed E-state index contributed by atoms with van der Waals surface area (Å²) in [5.41, 5.74) is -0.0904. The topological polar surface area (TPSA) is 117 Å². The minimum Gasteiger partial charge on any atom is -0.484 e. The van der Waals surface area contributed by atoms with Crippen LogP contribution in [-0.4, -0.2) is 10.7 Å². The zero-order valence-corrected chi connectivity index (χ0v) is 23.5. The second kappa shape index (κ2) is 10.8. The lowest BCUT2D eigenvalue weighted by Crippen LogP contribution is -2.16. The van der Waals surface area contributed by atoms with Gasteiger partial charge >= 0.3 is 5.63 Å². The Balaban J connectivity index is 1.29. The number of benzene rings is 4. The van der Waals surface area contributed by atoms with Gasteiger partial charge in [-0.25, -0.2) is 4.79 Å². The molecule has 0 amide bonds. The number of ether oxygens (including phenoxy) is 1. The van der Waals surface area contributed by atoms with Gasteiger partial charge in [0, 0.05) is 44.1 Å². The lowest BCUT2D eigenvalue weighted by molar-refractivity contribution is -0.386. The number of nitrogens with zero attached hydrogens (tertiary/aromatic N) is 1. The molecule has 1 unspecified atom stereocenters. The Morgan fingerprint density at radius 1 is 0.976 bits per heavy atom. The molecule has 42 heavy (non-hydrogen) atoms. The van der Waals surface area contributed by atoms with Crippen LogP contribution in [0.15, 0.2) is 98.9 Å². The van der Waals surface area contributed by atoms with E-state index in [-0.39, 0.29) is 39.5 Å². The molecular formula is C32H20ClNO7S. The van der Waals surface area contributed by atoms with Crippen LogP contribution in [0.3, 0.4) is 0 Å². The Morgan fingerprint density at radius 3 is 2.52 bits per heavy atom. The van der Waals surface area contributed by atoms with Crippen LogP contribution in [0.2, 0.25) is 5.02 Å². The monoisotopic (exact) mass is 597 g/mol. The summed E-state index contributed by atoms with van der Waals surface area (Å²) in [5, 5.41) is 13.1. The fourth-order valence-electron chi connectivity index (χ4n) is 4.90. The van der Waals surface area contributed by atoms with Crippen molar-refractivity contribution in [2.45, 2.75) is 19.4 Å². The molecule has 6 rings (SSSR count). The number of halogens is 1. The summed E-state index contributed by atoms with van der Waals surface area (Å²) in [5.74, 6) is -0.307. The number of para-hydroxylation sites is 1. The summed E-state index contributed by atoms with van der Waals surface area (Å²) in [4.78, 5) is 50.0. The third kappa shape index (κ3) is 5.04. The predicted octanol–water partition coefficient (Wildman–Crippen LogP) is 7.65. The molecule has 0 saturated heterocycles. The van der Waals surface area contributed by atoms with Gasteiger partial charge in [-0.3, -0.25) is 19.7 Å². The molecule has 2 heterocycles. The first kappa shape index (κ1) is 27.3. The van der Waals surface area contributed by atoms with Crippen molar-refractivity contribution in [3.05, 3.63) is 137 Å². The van der Waals surface area contributed by atoms with Crippen LogP contribution < -0.4 is 15.8 Å². The molecule has 8 nitrogen and oxygen atoms in total. The summed E-state index contributed by atoms with van der Waals surface area (Å²) in [6.07, 6.45) is -0.838. The molecule has 0 saturated carbocycles. The lowest BCUT2D eigenvalue weighted by atomic mass is 10.0. The number of fused-ring (bicyclic) bond motifs is 3. The van der Waals surface area contributed by atoms with Gasteiger partial charge in [0.15, 0.2) is 11.2 Å². The van der Waals surface area contributed by atoms with E-state index < -0.39 is 22.4 Å². The summed E-state index contributed by atoms with van der Waals surface area (Å²) in [6, 6.07) is 23.2. The van der Waals surface area contributed by atoms with Crippen LogP contribution in [0.1, 0.15) is 34.5 Å². The highest BCUT2D eigenvalue weighted by molar-refractivity contribution is 7.24. The van der Waals surface area contributed by atoms with Crippen molar-refractivity contribution in [3.63, 3.8) is 0 Å². The maximum absolute atomic E-state index is 13.2. The van der Waals surface area contributed by atoms with Crippen LogP contribution in [-0.2, 0) is 6.42 Å². The summed E-state index contributed by atoms with van der Waals surface area (Å²) >= 11 is 7.96. The quantitative estimate of drug-likeness (QED) is 0.0610. The van der Waals surface area contributed by atoms with E-state index in [1.54, 1.807) is 43.3 Å². The van der Waals surface area contributed by atoms with E-state index in [1.807, 2.05) is 24.3 Å². The highest BCUT2D eigenvalue weighted by Crippen LogP contribution is 2.35. The van der Waals surface area contributed by atoms with Crippen molar-refractivity contribution in [1.82, 2.24) is 0 Å². The number of hydrogen-bond acceptors (Lipinski definition) is 8. The average Bonchev–Trinajstić information content (AvgIpc) is 2.98. The van der Waals surface area contributed by atoms with Crippen molar-refractivity contribution in [2.24, 2.45) is 0 Å². The van der Waals surface area contributed by atoms with Crippen LogP contribution in [0, 0.1) is 10.1 Å². The van der Waals surface area contributed by atoms with Crippen LogP contribution in [0.5, 0.6) is 5.75 Å². The smallest absolute Gasteiger partial charge is 0.347 e. The van der Waals surface area contributed by atoms with Crippen LogP contribution in [0.4, 0.5) is 5.69 Å². The van der Waals surface area contributed by atoms with Crippen molar-refractivity contribution in [3.8, 4) is 5.75 Å². The second-order valence-corrected chi connectivity index (χ2v) is 11.2. The van der Waals surface area contributed by atoms with Crippen LogP contribution in [0.25, 0.3) is 31.1 Å². The Kier molecular flexibility index (Phi) is 7.06. The average molecular weight is 598 g/mol. The van der Waals surface area contributed by atoms with Crippen molar-refractivity contribution >= 4 is 65.5 Å². The first-order valence-corrected chi connectivity index (χ1v) is 14.0. The van der Waals surface area contributed by atoms with Crippen LogP contribution >= 0.6 is 22.9 Å². The number of hydrogen-bond donors (Lipinski definition) is 0. The first-order chi connectivity index (χ1) is 20.2. The summed E-state index contributed by atoms with van der Waals surface area (Å²) in [7, 11) is 0. The van der Waals surface area contributed by atoms with Crippen molar-refractivity contribution < 1.29 is 18.9 Å². The fraction of sp³-hybridized carbons (Fsp3) is 0.0938. The molecule has 0 aliphatic rings. The zero-order chi connectivity index (χ0) is 29.5. The number of Topliss-reactive ketones (excluding diaryl/α,β-unsaturated/α-hetero) is 1. The Hall–Kier alpha value is -4.86. The predicted molar refractivity (Wildman–Crippen MR) is 163 cm³/mol. The van der Waals surface area contributed by atoms with Gasteiger partial charge in [-0.15, -0.1) is 11.3 Å². The number of ketones is 1. The standard InChI is InChI=1S/C32H20ClNO7S/c1-17(20-6-2-4-8-25(20)34(38)39)40-28-16-27-19(15-24(28)33)14-22(32(37)41-27)26(35)13-18-10-11-30-23(12-18)31(36)21-7-3-5-9-29(21)42-30/h2-12,14-17H,13H2,1H3. The Labute approximate surface area is 246 Å². The minimum absolute atomic E-state index is 0.0940. The van der Waals surface area contributed by atoms with E-state index in [0.717, 1.165) is 9.40 Å². The fourth-order valence-corrected chi connectivity index (χ4v) is 6.17. The molecule has 0 N–H and O–H groups in total. The van der Waals surface area contributed by atoms with Gasteiger partial charge in [-0.05, 0) is 55.0 Å². The molecule has 2 aromatic heterocycles. The number of nitro groups is 1. The third-order valence-electron chi connectivity index (χ3n) is 6.97. The van der Waals surface area contributed by atoms with Crippen molar-refractivity contribution in [1.29, 1.82) is 0 Å². The van der Waals surface area contributed by atoms with Crippen molar-refractivity contribution in [2.75, 3.05) is 0 Å². The van der Waals surface area contributed by atoms with Gasteiger partial charge in [0.1, 0.15) is 23.0 Å². The van der Waals surface area contributed by atoms with Gasteiger partial charge in [0.2, 0.25) is 0 Å². The van der Waals surface area contributed by atoms with Gasteiger partial charge in [-0.1, -0.05) is 41.9 Å². The molecular weight excluding hydrogens is 578 g/mol. The molecule has 10 heteroatoms. The molecule has 0 aliphatic carbocycles. The molecule has 0 radical (unpaired) electrons. The molecule has 4 aromatic carbocycles. The Bertz CT molecular complexity index is 2190. The second-order valence-electron chi connectivity index (χ2n) is 9.70. The molecule has 208 valence electrons. The summed E-state index contributed by atoms with van der Waals surface area (Å²) in [6.45, 7) is 1.65. The number of carbonyl (C=O) groups excluding carboxylic acids is 1. The maximum atomic E-state index is 13.2. The number of nitro benzene ring substituents is 1. The molecule has 0 fully saturated rings. The van der Waals surface area contributed by atoms with E-state index in [2.05, 4.69) is 0 Å². The van der Waals surface area contributed by atoms with Gasteiger partial charge in [0.25, 0.3) is 5.69 Å². The highest BCUT2D eigenvalue weighted by atomic mass is 35.5. The van der Waals surface area contributed by atoms with Gasteiger partial charge in [0.05, 0.1) is 15.5 Å². The van der Waals surface area contributed by atoms with E-state index in [9.17, 15) is 24.5 Å². The largest absolute Gasteiger partial charge is 0.484 e. The van der Waals surface area contributed by atoms with Gasteiger partial charge < -0.3 is 9.15 Å². The lowest BCUT2D eigenvalue weighted by Gasteiger charge is -2.16. The highest BCUT2D eigenvalue weighted by Gasteiger charge is 2.22. The maximum Gasteiger partial charge on any atom is 0.347 e. The number of rotatable bonds is 7. The zero-order valence-electron chi connectivity index (χ0n) is 22.0. The van der Waals surface area contributed by atoms with E-state index in [1.165, 1.54) is 35.6 Å². The van der Waals surface area contributed by atoms with Gasteiger partial charge in [-0.2, -0.15) is 0 Å². The molecule has 6 aromatic rings. The van der Waals surface area contributed by atoms with E-state index >= 15 is 0 Å². The molecule has 0 aliphatic heterocycles. The third-order valence-corrected chi connectivity index (χ3v) is 8.41. The first-order valence-electron chi connectivity index (χ1n) is 12.8. The summed E-state index contributed by atoms with van der Waals surface area (Å²) < 4.78 is 13.1.